The summed E-state index contributed by atoms with van der Waals surface area (Å²) in [7, 11) is 0. The van der Waals surface area contributed by atoms with Gasteiger partial charge in [0.05, 0.1) is 11.4 Å². The van der Waals surface area contributed by atoms with Crippen LogP contribution in [-0.4, -0.2) is 38.0 Å². The van der Waals surface area contributed by atoms with Gasteiger partial charge in [0, 0.05) is 0 Å². The Kier molecular flexibility index (Phi) is 6.52. The predicted octanol–water partition coefficient (Wildman–Crippen LogP) is 4.07. The first-order valence-electron chi connectivity index (χ1n) is 9.62. The highest BCUT2D eigenvalue weighted by atomic mass is 32.2. The fourth-order valence-corrected chi connectivity index (χ4v) is 4.46. The minimum atomic E-state index is -0.191. The summed E-state index contributed by atoms with van der Waals surface area (Å²) in [5.74, 6) is 1.61. The molecule has 0 spiro atoms. The second-order valence-corrected chi connectivity index (χ2v) is 8.75. The molecule has 146 valence electrons. The average molecular weight is 389 g/mol. The number of nitrogens with zero attached hydrogens (tertiary/aromatic N) is 4. The average Bonchev–Trinajstić information content (AvgIpc) is 3.08. The quantitative estimate of drug-likeness (QED) is 0.549. The summed E-state index contributed by atoms with van der Waals surface area (Å²) < 4.78 is 7.54. The largest absolute Gasteiger partial charge is 0.461 e. The molecule has 1 aromatic heterocycles. The number of rotatable bonds is 6. The van der Waals surface area contributed by atoms with Crippen molar-refractivity contribution >= 4 is 17.7 Å². The van der Waals surface area contributed by atoms with Gasteiger partial charge in [0.1, 0.15) is 6.10 Å². The molecule has 3 rings (SSSR count). The van der Waals surface area contributed by atoms with Crippen LogP contribution in [0.5, 0.6) is 0 Å². The topological polar surface area (TPSA) is 69.9 Å². The number of aromatic nitrogens is 4. The Balaban J connectivity index is 1.62. The highest BCUT2D eigenvalue weighted by Crippen LogP contribution is 2.35. The van der Waals surface area contributed by atoms with Crippen molar-refractivity contribution in [1.82, 2.24) is 20.2 Å². The van der Waals surface area contributed by atoms with Crippen LogP contribution in [0.2, 0.25) is 0 Å². The number of hydrogen-bond donors (Lipinski definition) is 0. The Bertz CT molecular complexity index is 777. The van der Waals surface area contributed by atoms with Crippen molar-refractivity contribution in [3.05, 3.63) is 29.8 Å². The van der Waals surface area contributed by atoms with E-state index in [0.717, 1.165) is 24.1 Å². The Morgan fingerprint density at radius 1 is 1.33 bits per heavy atom. The van der Waals surface area contributed by atoms with E-state index in [1.807, 2.05) is 31.2 Å². The van der Waals surface area contributed by atoms with Gasteiger partial charge in [-0.05, 0) is 59.6 Å². The first-order valence-corrected chi connectivity index (χ1v) is 10.6. The third-order valence-electron chi connectivity index (χ3n) is 5.35. The lowest BCUT2D eigenvalue weighted by atomic mass is 9.75. The van der Waals surface area contributed by atoms with Gasteiger partial charge in [-0.1, -0.05) is 57.2 Å². The molecule has 1 saturated carbocycles. The van der Waals surface area contributed by atoms with Crippen LogP contribution in [0.1, 0.15) is 45.6 Å². The zero-order valence-electron chi connectivity index (χ0n) is 16.5. The minimum Gasteiger partial charge on any atom is -0.461 e. The van der Waals surface area contributed by atoms with Gasteiger partial charge in [-0.15, -0.1) is 5.10 Å². The molecule has 0 N–H and O–H groups in total. The SMILES string of the molecule is Cc1ccccc1-n1nnnc1SCC(=O)O[C@H]1C[C@@H](C)CC[C@@H]1C(C)C. The molecule has 1 aliphatic rings. The standard InChI is InChI=1S/C20H28N4O2S/c1-13(2)16-10-9-14(3)11-18(16)26-19(25)12-27-20-21-22-23-24(20)17-8-6-5-7-15(17)4/h5-8,13-14,16,18H,9-12H2,1-4H3/t14-,16+,18-/m0/s1. The van der Waals surface area contributed by atoms with Crippen molar-refractivity contribution in [3.63, 3.8) is 0 Å². The molecule has 7 heteroatoms. The van der Waals surface area contributed by atoms with Crippen molar-refractivity contribution in [3.8, 4) is 5.69 Å². The van der Waals surface area contributed by atoms with Gasteiger partial charge in [-0.3, -0.25) is 4.79 Å². The van der Waals surface area contributed by atoms with E-state index < -0.39 is 0 Å². The molecule has 1 fully saturated rings. The zero-order valence-corrected chi connectivity index (χ0v) is 17.3. The number of esters is 1. The molecule has 27 heavy (non-hydrogen) atoms. The van der Waals surface area contributed by atoms with E-state index in [-0.39, 0.29) is 17.8 Å². The van der Waals surface area contributed by atoms with Crippen LogP contribution in [0.15, 0.2) is 29.4 Å². The summed E-state index contributed by atoms with van der Waals surface area (Å²) in [4.78, 5) is 12.5. The third-order valence-corrected chi connectivity index (χ3v) is 6.24. The van der Waals surface area contributed by atoms with Gasteiger partial charge in [0.2, 0.25) is 5.16 Å². The highest BCUT2D eigenvalue weighted by Gasteiger charge is 2.33. The second kappa shape index (κ2) is 8.87. The van der Waals surface area contributed by atoms with Crippen LogP contribution in [-0.2, 0) is 9.53 Å². The van der Waals surface area contributed by atoms with E-state index in [1.165, 1.54) is 18.2 Å². The fraction of sp³-hybridized carbons (Fsp3) is 0.600. The number of carbonyl (C=O) groups is 1. The van der Waals surface area contributed by atoms with E-state index >= 15 is 0 Å². The minimum absolute atomic E-state index is 0.0224. The maximum absolute atomic E-state index is 12.5. The first-order chi connectivity index (χ1) is 13.0. The highest BCUT2D eigenvalue weighted by molar-refractivity contribution is 7.99. The van der Waals surface area contributed by atoms with Gasteiger partial charge < -0.3 is 4.74 Å². The number of tetrazole rings is 1. The van der Waals surface area contributed by atoms with Crippen LogP contribution in [0, 0.1) is 24.7 Å². The number of benzene rings is 1. The van der Waals surface area contributed by atoms with Gasteiger partial charge >= 0.3 is 5.97 Å². The molecule has 6 nitrogen and oxygen atoms in total. The normalized spacial score (nSPS) is 22.8. The number of aryl methyl sites for hydroxylation is 1. The molecule has 2 aromatic rings. The summed E-state index contributed by atoms with van der Waals surface area (Å²) in [5.41, 5.74) is 1.99. The molecular weight excluding hydrogens is 360 g/mol. The van der Waals surface area contributed by atoms with Gasteiger partial charge in [-0.25, -0.2) is 0 Å². The van der Waals surface area contributed by atoms with Crippen LogP contribution >= 0.6 is 11.8 Å². The Hall–Kier alpha value is -1.89. The van der Waals surface area contributed by atoms with Crippen molar-refractivity contribution in [2.24, 2.45) is 17.8 Å². The lowest BCUT2D eigenvalue weighted by molar-refractivity contribution is -0.152. The molecule has 1 aliphatic carbocycles. The molecule has 0 radical (unpaired) electrons. The number of para-hydroxylation sites is 1. The van der Waals surface area contributed by atoms with Crippen molar-refractivity contribution in [2.75, 3.05) is 5.75 Å². The van der Waals surface area contributed by atoms with Gasteiger partial charge in [0.25, 0.3) is 0 Å². The Labute approximate surface area is 165 Å². The lowest BCUT2D eigenvalue weighted by Crippen LogP contribution is -2.36. The summed E-state index contributed by atoms with van der Waals surface area (Å²) in [6.45, 7) is 8.68. The van der Waals surface area contributed by atoms with Crippen molar-refractivity contribution in [1.29, 1.82) is 0 Å². The summed E-state index contributed by atoms with van der Waals surface area (Å²) in [5, 5.41) is 12.5. The number of hydrogen-bond acceptors (Lipinski definition) is 6. The smallest absolute Gasteiger partial charge is 0.316 e. The number of thioether (sulfide) groups is 1. The van der Waals surface area contributed by atoms with Crippen LogP contribution in [0.4, 0.5) is 0 Å². The van der Waals surface area contributed by atoms with Gasteiger partial charge in [-0.2, -0.15) is 4.68 Å². The van der Waals surface area contributed by atoms with Crippen LogP contribution in [0.3, 0.4) is 0 Å². The van der Waals surface area contributed by atoms with E-state index in [4.69, 9.17) is 4.74 Å². The Morgan fingerprint density at radius 2 is 2.11 bits per heavy atom. The Morgan fingerprint density at radius 3 is 2.85 bits per heavy atom. The summed E-state index contributed by atoms with van der Waals surface area (Å²) in [6, 6.07) is 7.90. The fourth-order valence-electron chi connectivity index (χ4n) is 3.80. The molecule has 0 aliphatic heterocycles. The zero-order chi connectivity index (χ0) is 19.4. The lowest BCUT2D eigenvalue weighted by Gasteiger charge is -2.36. The van der Waals surface area contributed by atoms with E-state index in [2.05, 4.69) is 36.3 Å². The molecule has 0 saturated heterocycles. The van der Waals surface area contributed by atoms with Crippen LogP contribution in [0.25, 0.3) is 5.69 Å². The van der Waals surface area contributed by atoms with E-state index in [0.29, 0.717) is 22.9 Å². The molecular formula is C20H28N4O2S. The molecule has 0 amide bonds. The third kappa shape index (κ3) is 4.89. The van der Waals surface area contributed by atoms with Crippen molar-refractivity contribution < 1.29 is 9.53 Å². The molecule has 0 unspecified atom stereocenters. The monoisotopic (exact) mass is 388 g/mol. The van der Waals surface area contributed by atoms with E-state index in [1.54, 1.807) is 4.68 Å². The number of ether oxygens (including phenoxy) is 1. The molecule has 3 atom stereocenters. The van der Waals surface area contributed by atoms with E-state index in [9.17, 15) is 4.79 Å². The summed E-state index contributed by atoms with van der Waals surface area (Å²) in [6.07, 6.45) is 3.33. The van der Waals surface area contributed by atoms with Crippen molar-refractivity contribution in [2.45, 2.75) is 58.2 Å². The summed E-state index contributed by atoms with van der Waals surface area (Å²) >= 11 is 1.32. The number of carbonyl (C=O) groups excluding carboxylic acids is 1. The molecule has 0 bridgehead atoms. The second-order valence-electron chi connectivity index (χ2n) is 7.80. The van der Waals surface area contributed by atoms with Crippen LogP contribution < -0.4 is 0 Å². The first kappa shape index (κ1) is 19.9. The predicted molar refractivity (Wildman–Crippen MR) is 106 cm³/mol. The van der Waals surface area contributed by atoms with Gasteiger partial charge in [0.15, 0.2) is 0 Å². The maximum atomic E-state index is 12.5. The molecule has 1 aromatic carbocycles. The maximum Gasteiger partial charge on any atom is 0.316 e. The molecule has 1 heterocycles.